The molecule has 0 saturated heterocycles. The number of aliphatic hydroxyl groups is 2. The molecular formula is C11H17N3O3. The van der Waals surface area contributed by atoms with Crippen LogP contribution < -0.4 is 16.4 Å². The molecule has 0 aliphatic carbocycles. The van der Waals surface area contributed by atoms with Gasteiger partial charge in [0.15, 0.2) is 0 Å². The van der Waals surface area contributed by atoms with E-state index in [-0.39, 0.29) is 0 Å². The third-order valence-electron chi connectivity index (χ3n) is 2.30. The number of benzene rings is 1. The number of hydrogen-bond donors (Lipinski definition) is 5. The van der Waals surface area contributed by atoms with E-state index in [1.807, 2.05) is 0 Å². The fourth-order valence-corrected chi connectivity index (χ4v) is 1.45. The number of primary amides is 1. The number of hydrogen-bond acceptors (Lipinski definition) is 4. The molecule has 1 rings (SSSR count). The number of nitrogens with one attached hydrogen (secondary N) is 2. The molecule has 0 fully saturated rings. The van der Waals surface area contributed by atoms with Gasteiger partial charge in [0.05, 0.1) is 6.10 Å². The number of likely N-dealkylation sites (N-methyl/N-ethyl adjacent to an activating group) is 1. The minimum absolute atomic E-state index is 0.294. The van der Waals surface area contributed by atoms with Crippen LogP contribution in [0, 0.1) is 0 Å². The van der Waals surface area contributed by atoms with E-state index in [9.17, 15) is 15.0 Å². The first-order valence-electron chi connectivity index (χ1n) is 5.21. The summed E-state index contributed by atoms with van der Waals surface area (Å²) in [5, 5.41) is 24.6. The molecule has 0 aliphatic heterocycles. The molecule has 6 heteroatoms. The van der Waals surface area contributed by atoms with Crippen LogP contribution in [-0.2, 0) is 0 Å². The summed E-state index contributed by atoms with van der Waals surface area (Å²) < 4.78 is 0. The first-order valence-corrected chi connectivity index (χ1v) is 5.21. The molecule has 2 amide bonds. The maximum Gasteiger partial charge on any atom is 0.316 e. The molecule has 2 unspecified atom stereocenters. The van der Waals surface area contributed by atoms with Gasteiger partial charge < -0.3 is 26.6 Å². The van der Waals surface area contributed by atoms with Gasteiger partial charge in [-0.3, -0.25) is 0 Å². The Morgan fingerprint density at radius 3 is 2.41 bits per heavy atom. The highest BCUT2D eigenvalue weighted by Crippen LogP contribution is 2.19. The van der Waals surface area contributed by atoms with E-state index >= 15 is 0 Å². The average Bonchev–Trinajstić information content (AvgIpc) is 2.28. The fraction of sp³-hybridized carbons (Fsp3) is 0.364. The highest BCUT2D eigenvalue weighted by Gasteiger charge is 2.17. The number of carbonyl (C=O) groups excluding carboxylic acids is 1. The van der Waals surface area contributed by atoms with Gasteiger partial charge in [-0.1, -0.05) is 12.1 Å². The quantitative estimate of drug-likeness (QED) is 0.490. The van der Waals surface area contributed by atoms with Gasteiger partial charge in [0.25, 0.3) is 0 Å². The van der Waals surface area contributed by atoms with Gasteiger partial charge in [-0.05, 0) is 24.7 Å². The topological polar surface area (TPSA) is 108 Å². The zero-order valence-electron chi connectivity index (χ0n) is 9.55. The van der Waals surface area contributed by atoms with Crippen LogP contribution in [-0.4, -0.2) is 35.9 Å². The van der Waals surface area contributed by atoms with E-state index in [0.29, 0.717) is 17.8 Å². The summed E-state index contributed by atoms with van der Waals surface area (Å²) in [6.07, 6.45) is -1.85. The number of anilines is 1. The summed E-state index contributed by atoms with van der Waals surface area (Å²) in [5.74, 6) is 0. The van der Waals surface area contributed by atoms with Crippen LogP contribution in [0.5, 0.6) is 0 Å². The number of nitrogens with two attached hydrogens (primary N) is 1. The molecule has 0 aliphatic rings. The lowest BCUT2D eigenvalue weighted by atomic mass is 10.0. The van der Waals surface area contributed by atoms with Gasteiger partial charge in [0.2, 0.25) is 0 Å². The van der Waals surface area contributed by atoms with Gasteiger partial charge >= 0.3 is 6.03 Å². The molecular weight excluding hydrogens is 222 g/mol. The Kier molecular flexibility index (Phi) is 4.89. The van der Waals surface area contributed by atoms with Crippen molar-refractivity contribution in [2.45, 2.75) is 12.2 Å². The summed E-state index contributed by atoms with van der Waals surface area (Å²) in [7, 11) is 1.69. The van der Waals surface area contributed by atoms with E-state index in [4.69, 9.17) is 5.73 Å². The third-order valence-corrected chi connectivity index (χ3v) is 2.30. The molecule has 2 atom stereocenters. The van der Waals surface area contributed by atoms with Crippen molar-refractivity contribution < 1.29 is 15.0 Å². The van der Waals surface area contributed by atoms with Crippen LogP contribution in [0.25, 0.3) is 0 Å². The Labute approximate surface area is 99.4 Å². The summed E-state index contributed by atoms with van der Waals surface area (Å²) in [6.45, 7) is 0.294. The molecule has 17 heavy (non-hydrogen) atoms. The number of carbonyl (C=O) groups is 1. The molecule has 0 bridgehead atoms. The fourth-order valence-electron chi connectivity index (χ4n) is 1.45. The predicted octanol–water partition coefficient (Wildman–Crippen LogP) is -0.209. The van der Waals surface area contributed by atoms with Crippen molar-refractivity contribution in [2.24, 2.45) is 5.73 Å². The Balaban J connectivity index is 2.69. The first-order chi connectivity index (χ1) is 8.04. The molecule has 6 nitrogen and oxygen atoms in total. The monoisotopic (exact) mass is 239 g/mol. The second-order valence-electron chi connectivity index (χ2n) is 3.68. The summed E-state index contributed by atoms with van der Waals surface area (Å²) in [6, 6.07) is 5.81. The number of aliphatic hydroxyl groups excluding tert-OH is 2. The number of rotatable bonds is 5. The summed E-state index contributed by atoms with van der Waals surface area (Å²) >= 11 is 0. The average molecular weight is 239 g/mol. The van der Waals surface area contributed by atoms with Crippen molar-refractivity contribution in [3.05, 3.63) is 29.8 Å². The van der Waals surface area contributed by atoms with Crippen molar-refractivity contribution in [1.82, 2.24) is 5.32 Å². The summed E-state index contributed by atoms with van der Waals surface area (Å²) in [5.41, 5.74) is 6.07. The smallest absolute Gasteiger partial charge is 0.316 e. The van der Waals surface area contributed by atoms with Crippen LogP contribution in [0.1, 0.15) is 11.7 Å². The van der Waals surface area contributed by atoms with E-state index in [1.165, 1.54) is 0 Å². The second-order valence-corrected chi connectivity index (χ2v) is 3.68. The Morgan fingerprint density at radius 2 is 1.94 bits per heavy atom. The molecule has 0 saturated carbocycles. The lowest BCUT2D eigenvalue weighted by molar-refractivity contribution is 0.0202. The van der Waals surface area contributed by atoms with Crippen molar-refractivity contribution in [3.8, 4) is 0 Å². The highest BCUT2D eigenvalue weighted by atomic mass is 16.3. The van der Waals surface area contributed by atoms with Crippen molar-refractivity contribution >= 4 is 11.7 Å². The van der Waals surface area contributed by atoms with Gasteiger partial charge in [0, 0.05) is 12.2 Å². The number of amides is 2. The van der Waals surface area contributed by atoms with Gasteiger partial charge in [0.1, 0.15) is 6.10 Å². The molecule has 94 valence electrons. The molecule has 0 heterocycles. The van der Waals surface area contributed by atoms with E-state index in [0.717, 1.165) is 0 Å². The van der Waals surface area contributed by atoms with Crippen LogP contribution in [0.15, 0.2) is 24.3 Å². The second kappa shape index (κ2) is 6.19. The SMILES string of the molecule is CNCC(O)C(O)c1ccc(NC(N)=O)cc1. The van der Waals surface area contributed by atoms with E-state index in [1.54, 1.807) is 31.3 Å². The molecule has 0 aromatic heterocycles. The predicted molar refractivity (Wildman–Crippen MR) is 64.5 cm³/mol. The largest absolute Gasteiger partial charge is 0.389 e. The standard InChI is InChI=1S/C11H17N3O3/c1-13-6-9(15)10(16)7-2-4-8(5-3-7)14-11(12)17/h2-5,9-10,13,15-16H,6H2,1H3,(H3,12,14,17). The molecule has 1 aromatic carbocycles. The zero-order chi connectivity index (χ0) is 12.8. The van der Waals surface area contributed by atoms with Gasteiger partial charge in [-0.15, -0.1) is 0 Å². The van der Waals surface area contributed by atoms with E-state index in [2.05, 4.69) is 10.6 Å². The number of urea groups is 1. The Morgan fingerprint density at radius 1 is 1.35 bits per heavy atom. The van der Waals surface area contributed by atoms with Crippen molar-refractivity contribution in [1.29, 1.82) is 0 Å². The Bertz CT molecular complexity index is 367. The van der Waals surface area contributed by atoms with Crippen molar-refractivity contribution in [2.75, 3.05) is 18.9 Å². The lowest BCUT2D eigenvalue weighted by Gasteiger charge is -2.18. The third kappa shape index (κ3) is 4.03. The maximum atomic E-state index is 10.6. The minimum Gasteiger partial charge on any atom is -0.389 e. The summed E-state index contributed by atoms with van der Waals surface area (Å²) in [4.78, 5) is 10.6. The lowest BCUT2D eigenvalue weighted by Crippen LogP contribution is -2.29. The van der Waals surface area contributed by atoms with Crippen LogP contribution >= 0.6 is 0 Å². The molecule has 0 radical (unpaired) electrons. The van der Waals surface area contributed by atoms with Crippen LogP contribution in [0.4, 0.5) is 10.5 Å². The first kappa shape index (κ1) is 13.4. The molecule has 6 N–H and O–H groups in total. The van der Waals surface area contributed by atoms with Crippen LogP contribution in [0.3, 0.4) is 0 Å². The molecule has 1 aromatic rings. The maximum absolute atomic E-state index is 10.6. The minimum atomic E-state index is -0.968. The van der Waals surface area contributed by atoms with Gasteiger partial charge in [-0.25, -0.2) is 4.79 Å². The zero-order valence-corrected chi connectivity index (χ0v) is 9.55. The highest BCUT2D eigenvalue weighted by molar-refractivity contribution is 5.87. The molecule has 0 spiro atoms. The normalized spacial score (nSPS) is 14.1. The Hall–Kier alpha value is -1.63. The van der Waals surface area contributed by atoms with Crippen molar-refractivity contribution in [3.63, 3.8) is 0 Å². The van der Waals surface area contributed by atoms with E-state index < -0.39 is 18.2 Å². The van der Waals surface area contributed by atoms with Gasteiger partial charge in [-0.2, -0.15) is 0 Å². The van der Waals surface area contributed by atoms with Crippen LogP contribution in [0.2, 0.25) is 0 Å².